The van der Waals surface area contributed by atoms with Crippen LogP contribution in [0.15, 0.2) is 48.4 Å². The Labute approximate surface area is 159 Å². The minimum Gasteiger partial charge on any atom is -0.334 e. The molecule has 1 aliphatic rings. The highest BCUT2D eigenvalue weighted by atomic mass is 32.1. The van der Waals surface area contributed by atoms with Gasteiger partial charge in [-0.25, -0.2) is 0 Å². The van der Waals surface area contributed by atoms with Gasteiger partial charge in [0.05, 0.1) is 6.54 Å². The van der Waals surface area contributed by atoms with Crippen molar-refractivity contribution in [3.63, 3.8) is 0 Å². The molecule has 3 rings (SSSR count). The Morgan fingerprint density at radius 2 is 1.92 bits per heavy atom. The van der Waals surface area contributed by atoms with Gasteiger partial charge in [-0.3, -0.25) is 9.59 Å². The summed E-state index contributed by atoms with van der Waals surface area (Å²) in [4.78, 5) is 28.0. The van der Waals surface area contributed by atoms with E-state index in [9.17, 15) is 9.59 Å². The number of thiophene rings is 1. The number of nitrogens with zero attached hydrogens (tertiary/aromatic N) is 1. The van der Waals surface area contributed by atoms with E-state index in [4.69, 9.17) is 0 Å². The number of hydrogen-bond donors (Lipinski definition) is 0. The van der Waals surface area contributed by atoms with E-state index >= 15 is 0 Å². The van der Waals surface area contributed by atoms with Crippen molar-refractivity contribution in [3.05, 3.63) is 69.9 Å². The van der Waals surface area contributed by atoms with Gasteiger partial charge in [-0.1, -0.05) is 24.3 Å². The van der Waals surface area contributed by atoms with Gasteiger partial charge in [0, 0.05) is 29.8 Å². The highest BCUT2D eigenvalue weighted by Gasteiger charge is 2.17. The molecule has 2 aromatic rings. The topological polar surface area (TPSA) is 37.4 Å². The van der Waals surface area contributed by atoms with Crippen LogP contribution in [0.2, 0.25) is 0 Å². The molecule has 136 valence electrons. The molecule has 0 unspecified atom stereocenters. The summed E-state index contributed by atoms with van der Waals surface area (Å²) in [6.07, 6.45) is 6.84. The maximum atomic E-state index is 12.6. The van der Waals surface area contributed by atoms with Crippen LogP contribution in [0.3, 0.4) is 0 Å². The van der Waals surface area contributed by atoms with Gasteiger partial charge < -0.3 is 4.90 Å². The zero-order chi connectivity index (χ0) is 18.4. The molecule has 0 saturated heterocycles. The first kappa shape index (κ1) is 18.6. The Hall–Kier alpha value is -2.20. The number of aryl methyl sites for hydroxylation is 2. The Morgan fingerprint density at radius 3 is 2.65 bits per heavy atom. The number of hydrogen-bond acceptors (Lipinski definition) is 3. The van der Waals surface area contributed by atoms with Crippen molar-refractivity contribution in [2.75, 3.05) is 6.54 Å². The van der Waals surface area contributed by atoms with Crippen molar-refractivity contribution < 1.29 is 9.59 Å². The molecule has 1 amide bonds. The number of ketones is 1. The predicted molar refractivity (Wildman–Crippen MR) is 107 cm³/mol. The van der Waals surface area contributed by atoms with Crippen LogP contribution in [-0.2, 0) is 24.2 Å². The second kappa shape index (κ2) is 8.95. The second-order valence-corrected chi connectivity index (χ2v) is 7.79. The fraction of sp³-hybridized carbons (Fsp3) is 0.364. The molecular formula is C22H25NO2S. The van der Waals surface area contributed by atoms with E-state index in [1.807, 2.05) is 29.6 Å². The lowest BCUT2D eigenvalue weighted by molar-refractivity contribution is -0.131. The van der Waals surface area contributed by atoms with E-state index in [-0.39, 0.29) is 24.5 Å². The maximum Gasteiger partial charge on any atom is 0.223 e. The summed E-state index contributed by atoms with van der Waals surface area (Å²) in [7, 11) is 0. The van der Waals surface area contributed by atoms with Gasteiger partial charge in [-0.15, -0.1) is 17.9 Å². The third-order valence-electron chi connectivity index (χ3n) is 4.87. The van der Waals surface area contributed by atoms with E-state index in [0.717, 1.165) is 23.3 Å². The highest BCUT2D eigenvalue weighted by Crippen LogP contribution is 2.23. The van der Waals surface area contributed by atoms with Crippen molar-refractivity contribution in [2.24, 2.45) is 0 Å². The van der Waals surface area contributed by atoms with Crippen LogP contribution in [0.5, 0.6) is 0 Å². The summed E-state index contributed by atoms with van der Waals surface area (Å²) in [5.41, 5.74) is 3.42. The van der Waals surface area contributed by atoms with Crippen LogP contribution in [0.1, 0.15) is 52.0 Å². The molecule has 0 aliphatic heterocycles. The molecule has 0 bridgehead atoms. The van der Waals surface area contributed by atoms with Crippen molar-refractivity contribution in [1.29, 1.82) is 0 Å². The summed E-state index contributed by atoms with van der Waals surface area (Å²) in [6, 6.07) is 10.0. The van der Waals surface area contributed by atoms with Gasteiger partial charge >= 0.3 is 0 Å². The average molecular weight is 368 g/mol. The smallest absolute Gasteiger partial charge is 0.223 e. The molecule has 0 radical (unpaired) electrons. The number of rotatable bonds is 8. The van der Waals surface area contributed by atoms with E-state index in [2.05, 4.69) is 12.6 Å². The van der Waals surface area contributed by atoms with Crippen LogP contribution in [0.25, 0.3) is 0 Å². The summed E-state index contributed by atoms with van der Waals surface area (Å²) < 4.78 is 0. The van der Waals surface area contributed by atoms with E-state index < -0.39 is 0 Å². The Balaban J connectivity index is 1.58. The Bertz CT molecular complexity index is 779. The first-order valence-corrected chi connectivity index (χ1v) is 10.1. The first-order valence-electron chi connectivity index (χ1n) is 9.23. The molecule has 0 fully saturated rings. The number of carbonyl (C=O) groups excluding carboxylic acids is 2. The SMILES string of the molecule is C=CCN(Cc1cccs1)C(=O)CCC(=O)c1ccc2c(c1)CCCC2. The van der Waals surface area contributed by atoms with Crippen molar-refractivity contribution >= 4 is 23.0 Å². The predicted octanol–water partition coefficient (Wildman–Crippen LogP) is 4.80. The maximum absolute atomic E-state index is 12.6. The van der Waals surface area contributed by atoms with Crippen molar-refractivity contribution in [3.8, 4) is 0 Å². The molecule has 0 saturated carbocycles. The zero-order valence-corrected chi connectivity index (χ0v) is 15.9. The van der Waals surface area contributed by atoms with Gasteiger partial charge in [-0.05, 0) is 54.3 Å². The number of Topliss-reactive ketones (excluding diaryl/α,β-unsaturated/α-hetero) is 1. The number of amides is 1. The lowest BCUT2D eigenvalue weighted by Gasteiger charge is -2.20. The molecule has 3 nitrogen and oxygen atoms in total. The zero-order valence-electron chi connectivity index (χ0n) is 15.1. The van der Waals surface area contributed by atoms with Crippen LogP contribution < -0.4 is 0 Å². The lowest BCUT2D eigenvalue weighted by Crippen LogP contribution is -2.30. The second-order valence-electron chi connectivity index (χ2n) is 6.76. The summed E-state index contributed by atoms with van der Waals surface area (Å²) >= 11 is 1.63. The number of benzene rings is 1. The van der Waals surface area contributed by atoms with Crippen molar-refractivity contribution in [1.82, 2.24) is 4.90 Å². The molecule has 1 aliphatic carbocycles. The lowest BCUT2D eigenvalue weighted by atomic mass is 9.89. The monoisotopic (exact) mass is 367 g/mol. The summed E-state index contributed by atoms with van der Waals surface area (Å²) in [5.74, 6) is 0.0611. The third kappa shape index (κ3) is 4.70. The molecule has 26 heavy (non-hydrogen) atoms. The van der Waals surface area contributed by atoms with Crippen LogP contribution in [0.4, 0.5) is 0 Å². The minimum atomic E-state index is 0.00427. The molecular weight excluding hydrogens is 342 g/mol. The average Bonchev–Trinajstić information content (AvgIpc) is 3.18. The van der Waals surface area contributed by atoms with Gasteiger partial charge in [0.25, 0.3) is 0 Å². The molecule has 1 aromatic carbocycles. The van der Waals surface area contributed by atoms with E-state index in [1.165, 1.54) is 24.0 Å². The molecule has 0 spiro atoms. The van der Waals surface area contributed by atoms with Crippen molar-refractivity contribution in [2.45, 2.75) is 45.1 Å². The fourth-order valence-electron chi connectivity index (χ4n) is 3.43. The quantitative estimate of drug-likeness (QED) is 0.496. The molecule has 1 aromatic heterocycles. The van der Waals surface area contributed by atoms with Gasteiger partial charge in [0.1, 0.15) is 0 Å². The van der Waals surface area contributed by atoms with Gasteiger partial charge in [-0.2, -0.15) is 0 Å². The largest absolute Gasteiger partial charge is 0.334 e. The molecule has 0 atom stereocenters. The molecule has 4 heteroatoms. The molecule has 1 heterocycles. The third-order valence-corrected chi connectivity index (χ3v) is 5.73. The van der Waals surface area contributed by atoms with Gasteiger partial charge in [0.15, 0.2) is 5.78 Å². The summed E-state index contributed by atoms with van der Waals surface area (Å²) in [6.45, 7) is 4.82. The first-order chi connectivity index (χ1) is 12.7. The number of fused-ring (bicyclic) bond motifs is 1. The fourth-order valence-corrected chi connectivity index (χ4v) is 4.15. The van der Waals surface area contributed by atoms with Gasteiger partial charge in [0.2, 0.25) is 5.91 Å². The van der Waals surface area contributed by atoms with Crippen LogP contribution >= 0.6 is 11.3 Å². The highest BCUT2D eigenvalue weighted by molar-refractivity contribution is 7.09. The standard InChI is InChI=1S/C22H25NO2S/c1-2-13-23(16-20-8-5-14-26-20)22(25)12-11-21(24)19-10-9-17-6-3-4-7-18(17)15-19/h2,5,8-10,14-15H,1,3-4,6-7,11-13,16H2. The van der Waals surface area contributed by atoms with Crippen LogP contribution in [0, 0.1) is 0 Å². The normalized spacial score (nSPS) is 13.1. The Kier molecular flexibility index (Phi) is 6.40. The number of carbonyl (C=O) groups is 2. The Morgan fingerprint density at radius 1 is 1.12 bits per heavy atom. The molecule has 0 N–H and O–H groups in total. The minimum absolute atomic E-state index is 0.00427. The van der Waals surface area contributed by atoms with E-state index in [0.29, 0.717) is 13.1 Å². The van der Waals surface area contributed by atoms with Crippen LogP contribution in [-0.4, -0.2) is 23.1 Å². The summed E-state index contributed by atoms with van der Waals surface area (Å²) in [5, 5.41) is 2.01. The van der Waals surface area contributed by atoms with E-state index in [1.54, 1.807) is 22.3 Å².